The van der Waals surface area contributed by atoms with Crippen LogP contribution in [0.3, 0.4) is 0 Å². The zero-order valence-electron chi connectivity index (χ0n) is 20.9. The van der Waals surface area contributed by atoms with E-state index in [1.807, 2.05) is 9.80 Å². The van der Waals surface area contributed by atoms with Crippen molar-refractivity contribution in [3.05, 3.63) is 54.1 Å². The summed E-state index contributed by atoms with van der Waals surface area (Å²) in [6, 6.07) is 11.3. The Kier molecular flexibility index (Phi) is 8.67. The van der Waals surface area contributed by atoms with Crippen LogP contribution in [0.4, 0.5) is 18.9 Å². The van der Waals surface area contributed by atoms with E-state index in [1.54, 1.807) is 18.2 Å². The first-order valence-electron chi connectivity index (χ1n) is 12.2. The van der Waals surface area contributed by atoms with Crippen molar-refractivity contribution in [2.24, 2.45) is 0 Å². The number of ether oxygens (including phenoxy) is 1. The summed E-state index contributed by atoms with van der Waals surface area (Å²) in [6.07, 6.45) is -4.84. The number of rotatable bonds is 7. The van der Waals surface area contributed by atoms with E-state index in [0.717, 1.165) is 0 Å². The molecule has 210 valence electrons. The van der Waals surface area contributed by atoms with E-state index >= 15 is 0 Å². The molecule has 0 radical (unpaired) electrons. The van der Waals surface area contributed by atoms with E-state index in [1.165, 1.54) is 34.6 Å². The first kappa shape index (κ1) is 29.1. The Hall–Kier alpha value is -1.87. The van der Waals surface area contributed by atoms with Gasteiger partial charge < -0.3 is 19.8 Å². The summed E-state index contributed by atoms with van der Waals surface area (Å²) in [5, 5.41) is 19.9. The summed E-state index contributed by atoms with van der Waals surface area (Å²) >= 11 is 4.32. The van der Waals surface area contributed by atoms with Gasteiger partial charge in [-0.2, -0.15) is 17.5 Å². The number of halogens is 3. The van der Waals surface area contributed by atoms with Gasteiger partial charge in [0.1, 0.15) is 0 Å². The van der Waals surface area contributed by atoms with E-state index < -0.39 is 21.8 Å². The number of morpholine rings is 1. The lowest BCUT2D eigenvalue weighted by molar-refractivity contribution is -0.258. The van der Waals surface area contributed by atoms with Gasteiger partial charge in [-0.1, -0.05) is 24.3 Å². The second-order valence-corrected chi connectivity index (χ2v) is 12.1. The summed E-state index contributed by atoms with van der Waals surface area (Å²) in [5.41, 5.74) is -2.68. The van der Waals surface area contributed by atoms with Crippen LogP contribution in [0.5, 0.6) is 0 Å². The molecule has 2 fully saturated rings. The quantitative estimate of drug-likeness (QED) is 0.437. The second-order valence-electron chi connectivity index (χ2n) is 9.70. The van der Waals surface area contributed by atoms with Gasteiger partial charge in [0.2, 0.25) is 10.0 Å². The van der Waals surface area contributed by atoms with Crippen LogP contribution >= 0.6 is 12.6 Å². The maximum absolute atomic E-state index is 13.5. The highest BCUT2D eigenvalue weighted by molar-refractivity contribution is 7.90. The highest BCUT2D eigenvalue weighted by Gasteiger charge is 2.51. The predicted molar refractivity (Wildman–Crippen MR) is 139 cm³/mol. The minimum atomic E-state index is -4.84. The molecule has 2 aromatic rings. The molecule has 2 N–H and O–H groups in total. The van der Waals surface area contributed by atoms with E-state index in [-0.39, 0.29) is 42.2 Å². The predicted octanol–water partition coefficient (Wildman–Crippen LogP) is 2.32. The summed E-state index contributed by atoms with van der Waals surface area (Å²) in [5.74, 6) is 0. The van der Waals surface area contributed by atoms with E-state index in [2.05, 4.69) is 12.6 Å². The lowest BCUT2D eigenvalue weighted by Crippen LogP contribution is -2.61. The molecule has 0 aliphatic carbocycles. The van der Waals surface area contributed by atoms with E-state index in [9.17, 15) is 31.8 Å². The molecule has 0 bridgehead atoms. The molecule has 38 heavy (non-hydrogen) atoms. The molecule has 2 saturated heterocycles. The molecular weight excluding hydrogens is 543 g/mol. The average Bonchev–Trinajstić information content (AvgIpc) is 2.88. The monoisotopic (exact) mass is 575 g/mol. The molecule has 2 aromatic carbocycles. The fraction of sp³-hybridized carbons (Fsp3) is 0.520. The molecule has 0 unspecified atom stereocenters. The fourth-order valence-electron chi connectivity index (χ4n) is 4.87. The lowest BCUT2D eigenvalue weighted by Gasteiger charge is -2.46. The van der Waals surface area contributed by atoms with Gasteiger partial charge in [0.05, 0.1) is 36.8 Å². The zero-order valence-corrected chi connectivity index (χ0v) is 22.6. The van der Waals surface area contributed by atoms with Gasteiger partial charge in [-0.15, -0.1) is 12.6 Å². The third-order valence-corrected chi connectivity index (χ3v) is 9.71. The Balaban J connectivity index is 1.63. The SMILES string of the molecule is C[C@](O)(c1ccc(N2CCN(S(=O)(=O)c3ccccc3S)C[C@@H]2CN2CCOC[C@H]2CO)cc1)C(F)(F)F. The van der Waals surface area contributed by atoms with Crippen LogP contribution in [0.1, 0.15) is 12.5 Å². The molecular formula is C25H32F3N3O5S2. The summed E-state index contributed by atoms with van der Waals surface area (Å²) in [7, 11) is -3.85. The molecule has 0 amide bonds. The Labute approximate surface area is 226 Å². The van der Waals surface area contributed by atoms with Crippen LogP contribution < -0.4 is 4.90 Å². The number of aliphatic hydroxyl groups is 2. The largest absolute Gasteiger partial charge is 0.421 e. The molecule has 0 spiro atoms. The maximum Gasteiger partial charge on any atom is 0.421 e. The number of aliphatic hydroxyl groups excluding tert-OH is 1. The topological polar surface area (TPSA) is 93.6 Å². The standard InChI is InChI=1S/C25H32F3N3O5S2/c1-24(33,25(26,27)28)18-6-8-19(9-7-18)31-11-10-30(38(34,35)23-5-3-2-4-22(23)37)15-20(31)14-29-12-13-36-17-21(29)16-32/h2-9,20-21,32-33,37H,10-17H2,1H3/t20-,21+,24-/m0/s1. The van der Waals surface area contributed by atoms with Crippen LogP contribution in [-0.2, 0) is 20.4 Å². The molecule has 0 saturated carbocycles. The smallest absolute Gasteiger partial charge is 0.395 e. The molecule has 2 heterocycles. The average molecular weight is 576 g/mol. The van der Waals surface area contributed by atoms with Crippen molar-refractivity contribution in [3.63, 3.8) is 0 Å². The van der Waals surface area contributed by atoms with Crippen molar-refractivity contribution in [1.29, 1.82) is 0 Å². The van der Waals surface area contributed by atoms with Gasteiger partial charge in [0.25, 0.3) is 0 Å². The first-order chi connectivity index (χ1) is 17.9. The van der Waals surface area contributed by atoms with Gasteiger partial charge in [-0.3, -0.25) is 4.90 Å². The molecule has 4 rings (SSSR count). The minimum absolute atomic E-state index is 0.105. The maximum atomic E-state index is 13.5. The molecule has 2 aliphatic heterocycles. The summed E-state index contributed by atoms with van der Waals surface area (Å²) in [4.78, 5) is 4.46. The molecule has 2 aliphatic rings. The highest BCUT2D eigenvalue weighted by Crippen LogP contribution is 2.39. The number of alkyl halides is 3. The van der Waals surface area contributed by atoms with Gasteiger partial charge >= 0.3 is 6.18 Å². The van der Waals surface area contributed by atoms with Gasteiger partial charge in [0.15, 0.2) is 5.60 Å². The van der Waals surface area contributed by atoms with Crippen molar-refractivity contribution < 1.29 is 36.5 Å². The van der Waals surface area contributed by atoms with Gasteiger partial charge in [-0.05, 0) is 36.8 Å². The van der Waals surface area contributed by atoms with Crippen molar-refractivity contribution in [2.75, 3.05) is 57.4 Å². The lowest BCUT2D eigenvalue weighted by atomic mass is 9.95. The van der Waals surface area contributed by atoms with Crippen LogP contribution in [-0.4, -0.2) is 98.6 Å². The van der Waals surface area contributed by atoms with Crippen molar-refractivity contribution in [3.8, 4) is 0 Å². The number of nitrogens with zero attached hydrogens (tertiary/aromatic N) is 3. The number of sulfonamides is 1. The minimum Gasteiger partial charge on any atom is -0.395 e. The van der Waals surface area contributed by atoms with Crippen molar-refractivity contribution >= 4 is 28.3 Å². The fourth-order valence-corrected chi connectivity index (χ4v) is 6.92. The van der Waals surface area contributed by atoms with Crippen LogP contribution in [0, 0.1) is 0 Å². The highest BCUT2D eigenvalue weighted by atomic mass is 32.2. The Bertz CT molecular complexity index is 1210. The second kappa shape index (κ2) is 11.3. The van der Waals surface area contributed by atoms with E-state index in [0.29, 0.717) is 50.4 Å². The van der Waals surface area contributed by atoms with Gasteiger partial charge in [-0.25, -0.2) is 8.42 Å². The molecule has 0 aromatic heterocycles. The Morgan fingerprint density at radius 2 is 1.74 bits per heavy atom. The van der Waals surface area contributed by atoms with Crippen LogP contribution in [0.2, 0.25) is 0 Å². The molecule has 3 atom stereocenters. The van der Waals surface area contributed by atoms with E-state index in [4.69, 9.17) is 4.74 Å². The number of hydrogen-bond donors (Lipinski definition) is 3. The number of piperazine rings is 1. The van der Waals surface area contributed by atoms with Crippen molar-refractivity contribution in [1.82, 2.24) is 9.21 Å². The molecule has 8 nitrogen and oxygen atoms in total. The third kappa shape index (κ3) is 5.83. The number of benzene rings is 2. The summed E-state index contributed by atoms with van der Waals surface area (Å²) in [6.45, 7) is 2.95. The first-order valence-corrected chi connectivity index (χ1v) is 14.1. The van der Waals surface area contributed by atoms with Crippen LogP contribution in [0.15, 0.2) is 58.3 Å². The van der Waals surface area contributed by atoms with Crippen molar-refractivity contribution in [2.45, 2.75) is 40.6 Å². The van der Waals surface area contributed by atoms with Crippen LogP contribution in [0.25, 0.3) is 0 Å². The zero-order chi connectivity index (χ0) is 27.7. The molecule has 13 heteroatoms. The Morgan fingerprint density at radius 3 is 2.37 bits per heavy atom. The summed E-state index contributed by atoms with van der Waals surface area (Å²) < 4.78 is 73.9. The Morgan fingerprint density at radius 1 is 1.05 bits per heavy atom. The number of hydrogen-bond acceptors (Lipinski definition) is 8. The number of thiol groups is 1. The normalized spacial score (nSPS) is 23.8. The number of anilines is 1. The van der Waals surface area contributed by atoms with Gasteiger partial charge in [0, 0.05) is 43.3 Å². The third-order valence-electron chi connectivity index (χ3n) is 7.25.